The number of carbonyl (C=O) groups excluding carboxylic acids is 1. The van der Waals surface area contributed by atoms with Crippen molar-refractivity contribution in [2.75, 3.05) is 6.61 Å². The maximum absolute atomic E-state index is 9.85. The van der Waals surface area contributed by atoms with Crippen molar-refractivity contribution in [2.24, 2.45) is 0 Å². The van der Waals surface area contributed by atoms with E-state index in [4.69, 9.17) is 4.74 Å². The first-order chi connectivity index (χ1) is 3.81. The highest BCUT2D eigenvalue weighted by Gasteiger charge is 1.82. The van der Waals surface area contributed by atoms with Gasteiger partial charge in [-0.3, -0.25) is 4.79 Å². The van der Waals surface area contributed by atoms with Crippen molar-refractivity contribution in [3.8, 4) is 0 Å². The van der Waals surface area contributed by atoms with Crippen LogP contribution in [0.4, 0.5) is 0 Å². The normalized spacial score (nSPS) is 11.0. The van der Waals surface area contributed by atoms with Gasteiger partial charge in [0, 0.05) is 0 Å². The molecule has 0 atom stereocenters. The molecule has 3 heteroatoms. The Hall–Kier alpha value is -0.0600. The van der Waals surface area contributed by atoms with Gasteiger partial charge in [0.2, 0.25) is 0 Å². The molecule has 0 N–H and O–H groups in total. The van der Waals surface area contributed by atoms with Gasteiger partial charge < -0.3 is 4.74 Å². The molecule has 0 aliphatic rings. The average molecular weight is 226 g/mol. The van der Waals surface area contributed by atoms with Crippen molar-refractivity contribution in [3.63, 3.8) is 0 Å². The molecule has 0 aliphatic carbocycles. The number of ether oxygens (including phenoxy) is 1. The van der Waals surface area contributed by atoms with Crippen LogP contribution in [-0.2, 0) is 9.53 Å². The van der Waals surface area contributed by atoms with Gasteiger partial charge in [-0.1, -0.05) is 0 Å². The van der Waals surface area contributed by atoms with Crippen molar-refractivity contribution < 1.29 is 9.53 Å². The van der Waals surface area contributed by atoms with Crippen LogP contribution in [-0.4, -0.2) is 12.9 Å². The predicted octanol–water partition coefficient (Wildman–Crippen LogP) is 1.50. The number of allylic oxidation sites excluding steroid dienone is 1. The number of aldehydes is 1. The SMILES string of the molecule is CCOC=C(I)C=O. The lowest BCUT2D eigenvalue weighted by atomic mass is 10.7. The summed E-state index contributed by atoms with van der Waals surface area (Å²) in [6.45, 7) is 2.48. The van der Waals surface area contributed by atoms with Crippen LogP contribution in [0.1, 0.15) is 6.92 Å². The highest BCUT2D eigenvalue weighted by molar-refractivity contribution is 14.1. The second-order valence-electron chi connectivity index (χ2n) is 1.08. The van der Waals surface area contributed by atoms with Crippen LogP contribution in [0.25, 0.3) is 0 Å². The number of rotatable bonds is 3. The van der Waals surface area contributed by atoms with Gasteiger partial charge in [-0.05, 0) is 29.5 Å². The maximum Gasteiger partial charge on any atom is 0.159 e. The Labute approximate surface area is 62.0 Å². The van der Waals surface area contributed by atoms with Crippen LogP contribution < -0.4 is 0 Å². The summed E-state index contributed by atoms with van der Waals surface area (Å²) in [6.07, 6.45) is 2.18. The van der Waals surface area contributed by atoms with Gasteiger partial charge in [0.05, 0.1) is 16.4 Å². The van der Waals surface area contributed by atoms with Crippen molar-refractivity contribution in [2.45, 2.75) is 6.92 Å². The lowest BCUT2D eigenvalue weighted by molar-refractivity contribution is -0.104. The van der Waals surface area contributed by atoms with E-state index in [1.54, 1.807) is 0 Å². The Morgan fingerprint density at radius 1 is 1.88 bits per heavy atom. The Balaban J connectivity index is 3.40. The summed E-state index contributed by atoms with van der Waals surface area (Å²) >= 11 is 1.90. The Bertz CT molecular complexity index is 98.6. The first-order valence-electron chi connectivity index (χ1n) is 2.23. The highest BCUT2D eigenvalue weighted by Crippen LogP contribution is 1.99. The topological polar surface area (TPSA) is 26.3 Å². The standard InChI is InChI=1S/C5H7IO2/c1-2-8-4-5(6)3-7/h3-4H,2H2,1H3. The van der Waals surface area contributed by atoms with Crippen molar-refractivity contribution in [1.29, 1.82) is 0 Å². The van der Waals surface area contributed by atoms with Gasteiger partial charge in [-0.15, -0.1) is 0 Å². The molecule has 0 saturated carbocycles. The monoisotopic (exact) mass is 226 g/mol. The van der Waals surface area contributed by atoms with Crippen molar-refractivity contribution in [1.82, 2.24) is 0 Å². The van der Waals surface area contributed by atoms with Crippen LogP contribution in [0, 0.1) is 0 Å². The molecule has 0 unspecified atom stereocenters. The van der Waals surface area contributed by atoms with Crippen molar-refractivity contribution in [3.05, 3.63) is 9.84 Å². The first-order valence-corrected chi connectivity index (χ1v) is 3.31. The summed E-state index contributed by atoms with van der Waals surface area (Å²) in [7, 11) is 0. The predicted molar refractivity (Wildman–Crippen MR) is 39.8 cm³/mol. The maximum atomic E-state index is 9.85. The third kappa shape index (κ3) is 4.11. The molecular weight excluding hydrogens is 219 g/mol. The molecule has 0 heterocycles. The van der Waals surface area contributed by atoms with Gasteiger partial charge in [0.25, 0.3) is 0 Å². The van der Waals surface area contributed by atoms with Crippen LogP contribution in [0.2, 0.25) is 0 Å². The molecule has 0 amide bonds. The molecule has 0 fully saturated rings. The summed E-state index contributed by atoms with van der Waals surface area (Å²) in [4.78, 5) is 9.85. The molecule has 0 spiro atoms. The van der Waals surface area contributed by atoms with E-state index in [0.29, 0.717) is 10.2 Å². The largest absolute Gasteiger partial charge is 0.500 e. The molecule has 0 bridgehead atoms. The van der Waals surface area contributed by atoms with Crippen LogP contribution in [0.5, 0.6) is 0 Å². The second-order valence-corrected chi connectivity index (χ2v) is 2.32. The smallest absolute Gasteiger partial charge is 0.159 e. The lowest BCUT2D eigenvalue weighted by Gasteiger charge is -1.90. The fourth-order valence-electron chi connectivity index (χ4n) is 0.191. The van der Waals surface area contributed by atoms with E-state index in [9.17, 15) is 4.79 Å². The Morgan fingerprint density at radius 2 is 2.50 bits per heavy atom. The van der Waals surface area contributed by atoms with Crippen molar-refractivity contribution >= 4 is 28.9 Å². The van der Waals surface area contributed by atoms with E-state index >= 15 is 0 Å². The van der Waals surface area contributed by atoms with E-state index in [1.807, 2.05) is 29.5 Å². The summed E-state index contributed by atoms with van der Waals surface area (Å²) < 4.78 is 5.37. The fraction of sp³-hybridized carbons (Fsp3) is 0.400. The molecule has 0 aromatic heterocycles. The molecule has 0 rings (SSSR count). The molecule has 0 saturated heterocycles. The average Bonchev–Trinajstić information content (AvgIpc) is 1.83. The fourth-order valence-corrected chi connectivity index (χ4v) is 0.371. The summed E-state index contributed by atoms with van der Waals surface area (Å²) in [6, 6.07) is 0. The molecule has 0 radical (unpaired) electrons. The quantitative estimate of drug-likeness (QED) is 0.315. The first kappa shape index (κ1) is 7.94. The zero-order valence-corrected chi connectivity index (χ0v) is 6.71. The van der Waals surface area contributed by atoms with Gasteiger partial charge in [0.1, 0.15) is 0 Å². The van der Waals surface area contributed by atoms with E-state index in [-0.39, 0.29) is 0 Å². The minimum absolute atomic E-state index is 0.587. The van der Waals surface area contributed by atoms with E-state index in [0.717, 1.165) is 6.29 Å². The molecule has 0 aromatic rings. The zero-order valence-electron chi connectivity index (χ0n) is 4.56. The number of carbonyl (C=O) groups is 1. The minimum Gasteiger partial charge on any atom is -0.500 e. The van der Waals surface area contributed by atoms with Crippen LogP contribution in [0.15, 0.2) is 9.84 Å². The number of hydrogen-bond donors (Lipinski definition) is 0. The molecule has 0 aliphatic heterocycles. The van der Waals surface area contributed by atoms with Gasteiger partial charge in [-0.2, -0.15) is 0 Å². The third-order valence-corrected chi connectivity index (χ3v) is 0.984. The molecule has 8 heavy (non-hydrogen) atoms. The van der Waals surface area contributed by atoms with E-state index in [2.05, 4.69) is 0 Å². The minimum atomic E-state index is 0.587. The number of hydrogen-bond acceptors (Lipinski definition) is 2. The van der Waals surface area contributed by atoms with Crippen LogP contribution in [0.3, 0.4) is 0 Å². The van der Waals surface area contributed by atoms with E-state index in [1.165, 1.54) is 6.26 Å². The summed E-state index contributed by atoms with van der Waals surface area (Å²) in [5.74, 6) is 0. The molecule has 46 valence electrons. The van der Waals surface area contributed by atoms with Gasteiger partial charge >= 0.3 is 0 Å². The molecular formula is C5H7IO2. The van der Waals surface area contributed by atoms with E-state index < -0.39 is 0 Å². The van der Waals surface area contributed by atoms with Gasteiger partial charge in [0.15, 0.2) is 6.29 Å². The van der Waals surface area contributed by atoms with Gasteiger partial charge in [-0.25, -0.2) is 0 Å². The Kier molecular flexibility index (Phi) is 5.05. The number of halogens is 1. The molecule has 0 aromatic carbocycles. The lowest BCUT2D eigenvalue weighted by Crippen LogP contribution is -1.79. The summed E-state index contributed by atoms with van der Waals surface area (Å²) in [5.41, 5.74) is 0. The second kappa shape index (κ2) is 5.08. The third-order valence-electron chi connectivity index (χ3n) is 0.475. The highest BCUT2D eigenvalue weighted by atomic mass is 127. The Morgan fingerprint density at radius 3 is 2.88 bits per heavy atom. The summed E-state index contributed by atoms with van der Waals surface area (Å²) in [5, 5.41) is 0. The molecule has 2 nitrogen and oxygen atoms in total. The zero-order chi connectivity index (χ0) is 6.41. The van der Waals surface area contributed by atoms with Crippen LogP contribution >= 0.6 is 22.6 Å².